The van der Waals surface area contributed by atoms with Crippen LogP contribution in [0.15, 0.2) is 24.3 Å². The van der Waals surface area contributed by atoms with Crippen LogP contribution in [-0.2, 0) is 28.6 Å². The van der Waals surface area contributed by atoms with Crippen LogP contribution in [0.25, 0.3) is 0 Å². The van der Waals surface area contributed by atoms with Crippen LogP contribution in [0.5, 0.6) is 0 Å². The van der Waals surface area contributed by atoms with Crippen LogP contribution < -0.4 is 0 Å². The molecule has 1 spiro atoms. The standard InChI is InChI=1S/C22H26O7/c1-11-9-20-10-21(11,26)7-5-13(20)22-8-6-14(28-12(2)23)19(3,18(25)29-22)16(22)15(20)17(24)27-4/h6,8,13-16,26H,1,5,7,9-10H2,2-4H3/t13-,14+,15-,16-,19-,20+,21+,22-/m1/s1. The van der Waals surface area contributed by atoms with E-state index in [4.69, 9.17) is 14.2 Å². The van der Waals surface area contributed by atoms with Gasteiger partial charge in [-0.3, -0.25) is 14.4 Å². The summed E-state index contributed by atoms with van der Waals surface area (Å²) in [5, 5.41) is 11.1. The van der Waals surface area contributed by atoms with Crippen LogP contribution in [0.4, 0.5) is 0 Å². The molecular formula is C22H26O7. The molecule has 0 unspecified atom stereocenters. The minimum atomic E-state index is -1.20. The van der Waals surface area contributed by atoms with Gasteiger partial charge in [-0.1, -0.05) is 6.58 Å². The number of rotatable bonds is 2. The van der Waals surface area contributed by atoms with E-state index in [0.717, 1.165) is 5.57 Å². The average Bonchev–Trinajstić information content (AvgIpc) is 3.07. The molecule has 0 aromatic heterocycles. The number of fused-ring (bicyclic) bond motifs is 1. The fourth-order valence-corrected chi connectivity index (χ4v) is 7.57. The van der Waals surface area contributed by atoms with Gasteiger partial charge in [0.2, 0.25) is 0 Å². The monoisotopic (exact) mass is 402 g/mol. The summed E-state index contributed by atoms with van der Waals surface area (Å²) in [4.78, 5) is 38.1. The number of esters is 3. The Morgan fingerprint density at radius 2 is 2.10 bits per heavy atom. The van der Waals surface area contributed by atoms with Crippen molar-refractivity contribution in [1.29, 1.82) is 0 Å². The highest BCUT2D eigenvalue weighted by atomic mass is 16.6. The molecule has 156 valence electrons. The van der Waals surface area contributed by atoms with E-state index in [9.17, 15) is 19.5 Å². The highest BCUT2D eigenvalue weighted by Crippen LogP contribution is 2.77. The van der Waals surface area contributed by atoms with Gasteiger partial charge in [0.15, 0.2) is 0 Å². The molecule has 4 fully saturated rings. The number of carbonyl (C=O) groups excluding carboxylic acids is 3. The largest absolute Gasteiger partial charge is 0.469 e. The Bertz CT molecular complexity index is 892. The first-order valence-corrected chi connectivity index (χ1v) is 10.1. The summed E-state index contributed by atoms with van der Waals surface area (Å²) >= 11 is 0. The molecule has 0 aromatic carbocycles. The van der Waals surface area contributed by atoms with Crippen LogP contribution in [0.2, 0.25) is 0 Å². The van der Waals surface area contributed by atoms with Crippen molar-refractivity contribution in [3.8, 4) is 0 Å². The van der Waals surface area contributed by atoms with Crippen LogP contribution in [0.3, 0.4) is 0 Å². The summed E-state index contributed by atoms with van der Waals surface area (Å²) in [6.45, 7) is 7.13. The lowest BCUT2D eigenvalue weighted by Crippen LogP contribution is -2.52. The lowest BCUT2D eigenvalue weighted by atomic mass is 9.61. The van der Waals surface area contributed by atoms with Gasteiger partial charge in [-0.05, 0) is 55.7 Å². The molecular weight excluding hydrogens is 376 g/mol. The van der Waals surface area contributed by atoms with E-state index in [-0.39, 0.29) is 5.92 Å². The number of methoxy groups -OCH3 is 1. The summed E-state index contributed by atoms with van der Waals surface area (Å²) in [5.41, 5.74) is -3.03. The Kier molecular flexibility index (Phi) is 3.45. The van der Waals surface area contributed by atoms with Gasteiger partial charge in [0, 0.05) is 18.8 Å². The maximum Gasteiger partial charge on any atom is 0.317 e. The van der Waals surface area contributed by atoms with Crippen molar-refractivity contribution in [3.63, 3.8) is 0 Å². The third-order valence-corrected chi connectivity index (χ3v) is 8.57. The zero-order valence-electron chi connectivity index (χ0n) is 16.9. The van der Waals surface area contributed by atoms with Crippen molar-refractivity contribution in [2.24, 2.45) is 28.6 Å². The second-order valence-electron chi connectivity index (χ2n) is 9.71. The zero-order valence-corrected chi connectivity index (χ0v) is 16.9. The van der Waals surface area contributed by atoms with Gasteiger partial charge in [-0.15, -0.1) is 0 Å². The normalized spacial score (nSPS) is 51.3. The predicted molar refractivity (Wildman–Crippen MR) is 99.1 cm³/mol. The Morgan fingerprint density at radius 3 is 2.76 bits per heavy atom. The lowest BCUT2D eigenvalue weighted by molar-refractivity contribution is -0.168. The van der Waals surface area contributed by atoms with Crippen molar-refractivity contribution in [1.82, 2.24) is 0 Å². The smallest absolute Gasteiger partial charge is 0.317 e. The molecule has 1 aliphatic heterocycles. The quantitative estimate of drug-likeness (QED) is 0.426. The minimum Gasteiger partial charge on any atom is -0.469 e. The second kappa shape index (κ2) is 5.31. The molecule has 1 saturated heterocycles. The number of aliphatic hydroxyl groups is 1. The SMILES string of the molecule is C=C1C[C@]23C[C@@]1(O)CC[C@H]2[C@@]12C=C[C@H](OC(C)=O)[C@@](C)(C(=O)O1)[C@H]2[C@@H]3C(=O)OC. The van der Waals surface area contributed by atoms with Gasteiger partial charge in [-0.2, -0.15) is 0 Å². The first kappa shape index (κ1) is 18.9. The summed E-state index contributed by atoms with van der Waals surface area (Å²) in [5.74, 6) is -2.71. The first-order chi connectivity index (χ1) is 13.5. The molecule has 0 aromatic rings. The molecule has 5 aliphatic rings. The van der Waals surface area contributed by atoms with Gasteiger partial charge < -0.3 is 19.3 Å². The molecule has 4 aliphatic carbocycles. The molecule has 29 heavy (non-hydrogen) atoms. The van der Waals surface area contributed by atoms with Crippen molar-refractivity contribution in [2.45, 2.75) is 56.8 Å². The molecule has 1 N–H and O–H groups in total. The number of carbonyl (C=O) groups is 3. The molecule has 8 atom stereocenters. The molecule has 7 heteroatoms. The van der Waals surface area contributed by atoms with E-state index >= 15 is 0 Å². The first-order valence-electron chi connectivity index (χ1n) is 10.1. The zero-order chi connectivity index (χ0) is 21.0. The molecule has 0 radical (unpaired) electrons. The minimum absolute atomic E-state index is 0.135. The third kappa shape index (κ3) is 1.91. The molecule has 7 nitrogen and oxygen atoms in total. The Balaban J connectivity index is 1.73. The van der Waals surface area contributed by atoms with E-state index in [1.807, 2.05) is 6.08 Å². The molecule has 1 heterocycles. The van der Waals surface area contributed by atoms with Crippen molar-refractivity contribution in [3.05, 3.63) is 24.3 Å². The summed E-state index contributed by atoms with van der Waals surface area (Å²) in [7, 11) is 1.34. The predicted octanol–water partition coefficient (Wildman–Crippen LogP) is 1.69. The second-order valence-corrected chi connectivity index (χ2v) is 9.71. The highest BCUT2D eigenvalue weighted by Gasteiger charge is 2.84. The topological polar surface area (TPSA) is 99.1 Å². The van der Waals surface area contributed by atoms with E-state index in [1.165, 1.54) is 14.0 Å². The van der Waals surface area contributed by atoms with E-state index in [1.54, 1.807) is 13.0 Å². The van der Waals surface area contributed by atoms with E-state index < -0.39 is 57.9 Å². The van der Waals surface area contributed by atoms with Gasteiger partial charge >= 0.3 is 17.9 Å². The highest BCUT2D eigenvalue weighted by molar-refractivity contribution is 5.87. The van der Waals surface area contributed by atoms with E-state index in [2.05, 4.69) is 6.58 Å². The fourth-order valence-electron chi connectivity index (χ4n) is 7.57. The summed E-state index contributed by atoms with van der Waals surface area (Å²) < 4.78 is 16.8. The van der Waals surface area contributed by atoms with Gasteiger partial charge in [0.25, 0.3) is 0 Å². The van der Waals surface area contributed by atoms with Gasteiger partial charge in [-0.25, -0.2) is 0 Å². The summed E-state index contributed by atoms with van der Waals surface area (Å²) in [6, 6.07) is 0. The van der Waals surface area contributed by atoms with Crippen LogP contribution in [0, 0.1) is 28.6 Å². The van der Waals surface area contributed by atoms with E-state index in [0.29, 0.717) is 25.7 Å². The van der Waals surface area contributed by atoms with Crippen molar-refractivity contribution >= 4 is 17.9 Å². The molecule has 5 rings (SSSR count). The number of hydrogen-bond acceptors (Lipinski definition) is 7. The number of hydrogen-bond donors (Lipinski definition) is 1. The van der Waals surface area contributed by atoms with Crippen molar-refractivity contribution < 1.29 is 33.7 Å². The van der Waals surface area contributed by atoms with Crippen LogP contribution in [0.1, 0.15) is 39.5 Å². The molecule has 4 bridgehead atoms. The lowest BCUT2D eigenvalue weighted by Gasteiger charge is -2.44. The van der Waals surface area contributed by atoms with Crippen LogP contribution >= 0.6 is 0 Å². The maximum absolute atomic E-state index is 13.2. The Morgan fingerprint density at radius 1 is 1.38 bits per heavy atom. The molecule has 3 saturated carbocycles. The van der Waals surface area contributed by atoms with Gasteiger partial charge in [0.05, 0.1) is 18.6 Å². The third-order valence-electron chi connectivity index (χ3n) is 8.57. The Labute approximate surface area is 169 Å². The van der Waals surface area contributed by atoms with Gasteiger partial charge in [0.1, 0.15) is 17.1 Å². The summed E-state index contributed by atoms with van der Waals surface area (Å²) in [6.07, 6.45) is 4.79. The Hall–Kier alpha value is -2.15. The maximum atomic E-state index is 13.2. The molecule has 0 amide bonds. The average molecular weight is 402 g/mol. The van der Waals surface area contributed by atoms with Crippen LogP contribution in [-0.4, -0.2) is 47.4 Å². The number of ether oxygens (including phenoxy) is 3. The fraction of sp³-hybridized carbons (Fsp3) is 0.682. The van der Waals surface area contributed by atoms with Crippen molar-refractivity contribution in [2.75, 3.05) is 7.11 Å².